The minimum atomic E-state index is -1.10. The van der Waals surface area contributed by atoms with E-state index in [0.29, 0.717) is 6.54 Å². The quantitative estimate of drug-likeness (QED) is 0.765. The summed E-state index contributed by atoms with van der Waals surface area (Å²) < 4.78 is 0. The molecule has 3 N–H and O–H groups in total. The van der Waals surface area contributed by atoms with Crippen LogP contribution in [0.5, 0.6) is 0 Å². The summed E-state index contributed by atoms with van der Waals surface area (Å²) in [6, 6.07) is 12.9. The van der Waals surface area contributed by atoms with Crippen molar-refractivity contribution in [2.24, 2.45) is 0 Å². The number of urea groups is 1. The van der Waals surface area contributed by atoms with E-state index in [-0.39, 0.29) is 12.6 Å². The summed E-state index contributed by atoms with van der Waals surface area (Å²) in [6.07, 6.45) is 2.53. The fourth-order valence-corrected chi connectivity index (χ4v) is 2.18. The second kappa shape index (κ2) is 7.74. The Morgan fingerprint density at radius 1 is 1.17 bits per heavy atom. The third-order valence-corrected chi connectivity index (χ3v) is 3.66. The van der Waals surface area contributed by atoms with Crippen LogP contribution in [-0.2, 0) is 12.0 Å². The third kappa shape index (κ3) is 5.38. The Balaban J connectivity index is 1.73. The molecule has 0 bridgehead atoms. The van der Waals surface area contributed by atoms with Gasteiger partial charge in [0.1, 0.15) is 5.60 Å². The highest BCUT2D eigenvalue weighted by molar-refractivity contribution is 5.73. The van der Waals surface area contributed by atoms with Gasteiger partial charge in [0, 0.05) is 18.4 Å². The van der Waals surface area contributed by atoms with E-state index in [2.05, 4.69) is 15.6 Å². The van der Waals surface area contributed by atoms with Crippen LogP contribution in [0.25, 0.3) is 0 Å². The SMILES string of the molecule is Cc1ccc(CCNC(=O)NCC(C)(O)c2ccccc2)cn1. The van der Waals surface area contributed by atoms with Crippen LogP contribution < -0.4 is 10.6 Å². The largest absolute Gasteiger partial charge is 0.384 e. The molecule has 1 atom stereocenters. The summed E-state index contributed by atoms with van der Waals surface area (Å²) in [6.45, 7) is 4.29. The molecular weight excluding hydrogens is 290 g/mol. The van der Waals surface area contributed by atoms with Gasteiger partial charge in [-0.2, -0.15) is 0 Å². The highest BCUT2D eigenvalue weighted by atomic mass is 16.3. The zero-order valence-electron chi connectivity index (χ0n) is 13.5. The van der Waals surface area contributed by atoms with Crippen molar-refractivity contribution in [3.63, 3.8) is 0 Å². The van der Waals surface area contributed by atoms with Crippen molar-refractivity contribution in [1.29, 1.82) is 0 Å². The average molecular weight is 313 g/mol. The minimum absolute atomic E-state index is 0.148. The molecule has 0 aliphatic heterocycles. The Morgan fingerprint density at radius 2 is 1.91 bits per heavy atom. The first-order valence-electron chi connectivity index (χ1n) is 7.68. The van der Waals surface area contributed by atoms with Crippen molar-refractivity contribution < 1.29 is 9.90 Å². The van der Waals surface area contributed by atoms with Crippen LogP contribution >= 0.6 is 0 Å². The lowest BCUT2D eigenvalue weighted by molar-refractivity contribution is 0.0594. The Morgan fingerprint density at radius 3 is 2.57 bits per heavy atom. The molecule has 0 fully saturated rings. The molecule has 1 unspecified atom stereocenters. The number of aromatic nitrogens is 1. The van der Waals surface area contributed by atoms with E-state index in [1.807, 2.05) is 55.6 Å². The van der Waals surface area contributed by atoms with Gasteiger partial charge in [-0.3, -0.25) is 4.98 Å². The maximum absolute atomic E-state index is 11.8. The summed E-state index contributed by atoms with van der Waals surface area (Å²) in [5, 5.41) is 15.9. The van der Waals surface area contributed by atoms with Gasteiger partial charge in [0.05, 0.1) is 6.54 Å². The lowest BCUT2D eigenvalue weighted by atomic mass is 9.96. The first-order chi connectivity index (χ1) is 11.0. The molecule has 122 valence electrons. The number of nitrogens with zero attached hydrogens (tertiary/aromatic N) is 1. The Kier molecular flexibility index (Phi) is 5.71. The highest BCUT2D eigenvalue weighted by Crippen LogP contribution is 2.18. The molecule has 0 spiro atoms. The maximum atomic E-state index is 11.8. The third-order valence-electron chi connectivity index (χ3n) is 3.66. The molecule has 2 rings (SSSR count). The van der Waals surface area contributed by atoms with Crippen molar-refractivity contribution in [2.75, 3.05) is 13.1 Å². The zero-order chi connectivity index (χ0) is 16.7. The number of amides is 2. The molecule has 0 radical (unpaired) electrons. The lowest BCUT2D eigenvalue weighted by Gasteiger charge is -2.24. The molecule has 1 heterocycles. The van der Waals surface area contributed by atoms with Gasteiger partial charge in [-0.25, -0.2) is 4.79 Å². The van der Waals surface area contributed by atoms with Crippen LogP contribution in [0.2, 0.25) is 0 Å². The van der Waals surface area contributed by atoms with Crippen LogP contribution in [0.1, 0.15) is 23.7 Å². The molecule has 1 aromatic carbocycles. The summed E-state index contributed by atoms with van der Waals surface area (Å²) in [5.41, 5.74) is 1.72. The molecule has 5 nitrogen and oxygen atoms in total. The second-order valence-corrected chi connectivity index (χ2v) is 5.81. The first kappa shape index (κ1) is 17.0. The van der Waals surface area contributed by atoms with E-state index in [1.54, 1.807) is 6.92 Å². The maximum Gasteiger partial charge on any atom is 0.314 e. The monoisotopic (exact) mass is 313 g/mol. The molecule has 23 heavy (non-hydrogen) atoms. The summed E-state index contributed by atoms with van der Waals surface area (Å²) >= 11 is 0. The predicted octanol–water partition coefficient (Wildman–Crippen LogP) is 2.14. The molecule has 0 saturated carbocycles. The highest BCUT2D eigenvalue weighted by Gasteiger charge is 2.23. The fraction of sp³-hybridized carbons (Fsp3) is 0.333. The smallest absolute Gasteiger partial charge is 0.314 e. The zero-order valence-corrected chi connectivity index (χ0v) is 13.5. The summed E-state index contributed by atoms with van der Waals surface area (Å²) in [7, 11) is 0. The predicted molar refractivity (Wildman–Crippen MR) is 90.1 cm³/mol. The van der Waals surface area contributed by atoms with Crippen molar-refractivity contribution in [2.45, 2.75) is 25.9 Å². The van der Waals surface area contributed by atoms with Gasteiger partial charge >= 0.3 is 6.03 Å². The molecule has 0 saturated heterocycles. The van der Waals surface area contributed by atoms with E-state index in [0.717, 1.165) is 23.2 Å². The number of rotatable bonds is 6. The number of aryl methyl sites for hydroxylation is 1. The van der Waals surface area contributed by atoms with Gasteiger partial charge in [-0.05, 0) is 37.5 Å². The molecule has 2 aromatic rings. The van der Waals surface area contributed by atoms with Crippen LogP contribution in [0, 0.1) is 6.92 Å². The number of hydrogen-bond donors (Lipinski definition) is 3. The Hall–Kier alpha value is -2.40. The van der Waals surface area contributed by atoms with E-state index in [9.17, 15) is 9.90 Å². The summed E-state index contributed by atoms with van der Waals surface area (Å²) in [4.78, 5) is 16.0. The lowest BCUT2D eigenvalue weighted by Crippen LogP contribution is -2.43. The van der Waals surface area contributed by atoms with E-state index >= 15 is 0 Å². The molecule has 2 amide bonds. The van der Waals surface area contributed by atoms with Crippen molar-refractivity contribution in [3.8, 4) is 0 Å². The van der Waals surface area contributed by atoms with E-state index in [4.69, 9.17) is 0 Å². The van der Waals surface area contributed by atoms with Crippen LogP contribution in [0.3, 0.4) is 0 Å². The second-order valence-electron chi connectivity index (χ2n) is 5.81. The topological polar surface area (TPSA) is 74.2 Å². The number of benzene rings is 1. The average Bonchev–Trinajstić information content (AvgIpc) is 2.56. The minimum Gasteiger partial charge on any atom is -0.384 e. The van der Waals surface area contributed by atoms with Gasteiger partial charge in [0.2, 0.25) is 0 Å². The number of carbonyl (C=O) groups is 1. The number of aliphatic hydroxyl groups is 1. The van der Waals surface area contributed by atoms with Crippen LogP contribution in [0.15, 0.2) is 48.7 Å². The van der Waals surface area contributed by atoms with E-state index in [1.165, 1.54) is 0 Å². The van der Waals surface area contributed by atoms with E-state index < -0.39 is 5.60 Å². The van der Waals surface area contributed by atoms with Crippen molar-refractivity contribution in [1.82, 2.24) is 15.6 Å². The van der Waals surface area contributed by atoms with Crippen molar-refractivity contribution in [3.05, 3.63) is 65.5 Å². The standard InChI is InChI=1S/C18H23N3O2/c1-14-8-9-15(12-20-14)10-11-19-17(22)21-13-18(2,23)16-6-4-3-5-7-16/h3-9,12,23H,10-11,13H2,1-2H3,(H2,19,21,22). The van der Waals surface area contributed by atoms with Gasteiger partial charge in [-0.1, -0.05) is 36.4 Å². The van der Waals surface area contributed by atoms with Gasteiger partial charge in [0.25, 0.3) is 0 Å². The number of nitrogens with one attached hydrogen (secondary N) is 2. The molecule has 5 heteroatoms. The van der Waals surface area contributed by atoms with Crippen molar-refractivity contribution >= 4 is 6.03 Å². The molecular formula is C18H23N3O2. The first-order valence-corrected chi connectivity index (χ1v) is 7.68. The van der Waals surface area contributed by atoms with Crippen LogP contribution in [0.4, 0.5) is 4.79 Å². The van der Waals surface area contributed by atoms with Gasteiger partial charge in [-0.15, -0.1) is 0 Å². The number of hydrogen-bond acceptors (Lipinski definition) is 3. The Labute approximate surface area is 136 Å². The molecule has 0 aliphatic rings. The normalized spacial score (nSPS) is 13.2. The van der Waals surface area contributed by atoms with Crippen LogP contribution in [-0.4, -0.2) is 29.2 Å². The fourth-order valence-electron chi connectivity index (χ4n) is 2.18. The number of pyridine rings is 1. The van der Waals surface area contributed by atoms with Gasteiger partial charge in [0.15, 0.2) is 0 Å². The summed E-state index contributed by atoms with van der Waals surface area (Å²) in [5.74, 6) is 0. The molecule has 1 aromatic heterocycles. The number of carbonyl (C=O) groups excluding carboxylic acids is 1. The Bertz CT molecular complexity index is 624. The van der Waals surface area contributed by atoms with Gasteiger partial charge < -0.3 is 15.7 Å². The molecule has 0 aliphatic carbocycles.